The largest absolute Gasteiger partial charge is 0.394 e. The predicted octanol–water partition coefficient (Wildman–Crippen LogP) is 4.62. The summed E-state index contributed by atoms with van der Waals surface area (Å²) in [6, 6.07) is 8.06. The first kappa shape index (κ1) is 33.9. The Kier molecular flexibility index (Phi) is 10.2. The number of likely N-dealkylation sites (tertiary alicyclic amines) is 1. The third-order valence-electron chi connectivity index (χ3n) is 9.60. The van der Waals surface area contributed by atoms with Gasteiger partial charge in [0, 0.05) is 25.2 Å². The summed E-state index contributed by atoms with van der Waals surface area (Å²) in [5, 5.41) is 10.8. The third-order valence-corrected chi connectivity index (χ3v) is 9.60. The molecule has 0 aromatic heterocycles. The number of carbonyl (C=O) groups excluding carboxylic acids is 3. The van der Waals surface area contributed by atoms with E-state index in [1.807, 2.05) is 42.2 Å². The van der Waals surface area contributed by atoms with Gasteiger partial charge in [0.05, 0.1) is 30.6 Å². The molecule has 4 rings (SSSR count). The SMILES string of the molecule is C=CCN(CCC)C(=O)[C@@H]1[C@H]2C(=O)N([C@@H](CO)Cc3ccccc3)C(C(=O)N(CC=C)C(C)(C)CC(C)(C)C)C23CC[C@H]1O3. The van der Waals surface area contributed by atoms with Crippen molar-refractivity contribution >= 4 is 17.7 Å². The number of carbonyl (C=O) groups is 3. The molecule has 3 aliphatic heterocycles. The van der Waals surface area contributed by atoms with E-state index in [1.165, 1.54) is 0 Å². The van der Waals surface area contributed by atoms with Gasteiger partial charge in [0.15, 0.2) is 0 Å². The van der Waals surface area contributed by atoms with Crippen LogP contribution in [0.15, 0.2) is 55.6 Å². The molecule has 2 bridgehead atoms. The van der Waals surface area contributed by atoms with Gasteiger partial charge in [0.2, 0.25) is 17.7 Å². The van der Waals surface area contributed by atoms with Crippen molar-refractivity contribution in [3.8, 4) is 0 Å². The van der Waals surface area contributed by atoms with Crippen molar-refractivity contribution in [3.05, 3.63) is 61.2 Å². The maximum Gasteiger partial charge on any atom is 0.249 e. The van der Waals surface area contributed by atoms with Crippen LogP contribution >= 0.6 is 0 Å². The van der Waals surface area contributed by atoms with Crippen molar-refractivity contribution in [3.63, 3.8) is 0 Å². The second kappa shape index (κ2) is 13.2. The molecule has 44 heavy (non-hydrogen) atoms. The van der Waals surface area contributed by atoms with Crippen molar-refractivity contribution in [2.24, 2.45) is 17.3 Å². The Labute approximate surface area is 264 Å². The van der Waals surface area contributed by atoms with Crippen LogP contribution in [0.3, 0.4) is 0 Å². The summed E-state index contributed by atoms with van der Waals surface area (Å²) in [5.41, 5.74) is -0.820. The van der Waals surface area contributed by atoms with Crippen LogP contribution in [0.4, 0.5) is 0 Å². The molecule has 0 saturated carbocycles. The van der Waals surface area contributed by atoms with E-state index in [0.29, 0.717) is 38.9 Å². The fourth-order valence-electron chi connectivity index (χ4n) is 8.42. The molecule has 8 nitrogen and oxygen atoms in total. The lowest BCUT2D eigenvalue weighted by atomic mass is 9.70. The van der Waals surface area contributed by atoms with Crippen LogP contribution in [0, 0.1) is 17.3 Å². The summed E-state index contributed by atoms with van der Waals surface area (Å²) in [7, 11) is 0. The number of nitrogens with zero attached hydrogens (tertiary/aromatic N) is 3. The number of rotatable bonds is 14. The topological polar surface area (TPSA) is 90.4 Å². The second-order valence-corrected chi connectivity index (χ2v) is 14.7. The van der Waals surface area contributed by atoms with Gasteiger partial charge in [0.1, 0.15) is 11.6 Å². The summed E-state index contributed by atoms with van der Waals surface area (Å²) in [6.45, 7) is 21.3. The molecule has 3 saturated heterocycles. The standard InChI is InChI=1S/C36H53N3O5/c1-9-19-37(20-10-2)31(41)28-27-17-18-36(44-27)29(28)32(42)39(26(23-40)22-25-15-13-12-14-16-25)30(36)33(43)38(21-11-3)35(7,8)24-34(4,5)6/h9,11-16,26-30,40H,1,3,10,17-24H2,2,4-8H3/t26-,27-,28+,29+,30?,36?/m1/s1. The van der Waals surface area contributed by atoms with Crippen molar-refractivity contribution < 1.29 is 24.2 Å². The molecule has 3 heterocycles. The van der Waals surface area contributed by atoms with Crippen LogP contribution in [0.1, 0.15) is 72.8 Å². The number of aliphatic hydroxyl groups is 1. The van der Waals surface area contributed by atoms with Crippen molar-refractivity contribution in [1.82, 2.24) is 14.7 Å². The Bertz CT molecular complexity index is 1220. The van der Waals surface area contributed by atoms with Crippen LogP contribution in [0.25, 0.3) is 0 Å². The average molecular weight is 608 g/mol. The summed E-state index contributed by atoms with van der Waals surface area (Å²) < 4.78 is 6.75. The van der Waals surface area contributed by atoms with E-state index in [0.717, 1.165) is 18.4 Å². The van der Waals surface area contributed by atoms with E-state index in [9.17, 15) is 14.7 Å². The first-order valence-electron chi connectivity index (χ1n) is 16.2. The summed E-state index contributed by atoms with van der Waals surface area (Å²) in [5.74, 6) is -2.10. The fourth-order valence-corrected chi connectivity index (χ4v) is 8.42. The monoisotopic (exact) mass is 607 g/mol. The van der Waals surface area contributed by atoms with E-state index < -0.39 is 41.2 Å². The molecule has 3 aliphatic rings. The number of aliphatic hydroxyl groups excluding tert-OH is 1. The van der Waals surface area contributed by atoms with E-state index in [1.54, 1.807) is 22.0 Å². The molecule has 3 amide bonds. The lowest BCUT2D eigenvalue weighted by Crippen LogP contribution is -2.62. The van der Waals surface area contributed by atoms with Gasteiger partial charge >= 0.3 is 0 Å². The highest BCUT2D eigenvalue weighted by atomic mass is 16.5. The minimum atomic E-state index is -1.15. The Morgan fingerprint density at radius 2 is 1.77 bits per heavy atom. The van der Waals surface area contributed by atoms with Crippen molar-refractivity contribution in [2.75, 3.05) is 26.2 Å². The summed E-state index contributed by atoms with van der Waals surface area (Å²) in [6.07, 6.45) is 5.98. The van der Waals surface area contributed by atoms with Gasteiger partial charge in [-0.05, 0) is 56.9 Å². The maximum atomic E-state index is 15.1. The molecular formula is C36H53N3O5. The Morgan fingerprint density at radius 1 is 1.11 bits per heavy atom. The third kappa shape index (κ3) is 6.25. The number of ether oxygens (including phenoxy) is 1. The number of hydrogen-bond donors (Lipinski definition) is 1. The molecule has 6 atom stereocenters. The quantitative estimate of drug-likeness (QED) is 0.312. The first-order chi connectivity index (χ1) is 20.8. The highest BCUT2D eigenvalue weighted by Gasteiger charge is 2.75. The van der Waals surface area contributed by atoms with Gasteiger partial charge in [0.25, 0.3) is 0 Å². The Balaban J connectivity index is 1.83. The second-order valence-electron chi connectivity index (χ2n) is 14.7. The van der Waals surface area contributed by atoms with E-state index in [2.05, 4.69) is 47.8 Å². The normalized spacial score (nSPS) is 26.8. The summed E-state index contributed by atoms with van der Waals surface area (Å²) >= 11 is 0. The van der Waals surface area contributed by atoms with Crippen molar-refractivity contribution in [1.29, 1.82) is 0 Å². The zero-order valence-corrected chi connectivity index (χ0v) is 27.6. The minimum Gasteiger partial charge on any atom is -0.394 e. The number of benzene rings is 1. The fraction of sp³-hybridized carbons (Fsp3) is 0.639. The molecule has 0 aliphatic carbocycles. The molecule has 1 spiro atoms. The molecule has 0 radical (unpaired) electrons. The Hall–Kier alpha value is -2.97. The minimum absolute atomic E-state index is 0.0656. The predicted molar refractivity (Wildman–Crippen MR) is 173 cm³/mol. The lowest BCUT2D eigenvalue weighted by molar-refractivity contribution is -0.155. The number of fused-ring (bicyclic) bond motifs is 1. The lowest BCUT2D eigenvalue weighted by Gasteiger charge is -2.46. The Morgan fingerprint density at radius 3 is 2.34 bits per heavy atom. The molecule has 1 aromatic rings. The molecule has 1 aromatic carbocycles. The van der Waals surface area contributed by atoms with Crippen LogP contribution in [0.5, 0.6) is 0 Å². The average Bonchev–Trinajstić information content (AvgIpc) is 3.60. The van der Waals surface area contributed by atoms with Gasteiger partial charge < -0.3 is 24.5 Å². The van der Waals surface area contributed by atoms with Crippen LogP contribution < -0.4 is 0 Å². The molecule has 2 unspecified atom stereocenters. The highest BCUT2D eigenvalue weighted by molar-refractivity contribution is 5.99. The van der Waals surface area contributed by atoms with Crippen LogP contribution in [-0.2, 0) is 25.5 Å². The van der Waals surface area contributed by atoms with Gasteiger partial charge in [-0.1, -0.05) is 70.2 Å². The smallest absolute Gasteiger partial charge is 0.249 e. The molecule has 1 N–H and O–H groups in total. The van der Waals surface area contributed by atoms with Gasteiger partial charge in [-0.15, -0.1) is 13.2 Å². The van der Waals surface area contributed by atoms with Gasteiger partial charge in [-0.25, -0.2) is 0 Å². The van der Waals surface area contributed by atoms with E-state index in [-0.39, 0.29) is 29.7 Å². The van der Waals surface area contributed by atoms with Gasteiger partial charge in [-0.2, -0.15) is 0 Å². The van der Waals surface area contributed by atoms with E-state index >= 15 is 4.79 Å². The van der Waals surface area contributed by atoms with Crippen LogP contribution in [0.2, 0.25) is 0 Å². The maximum absolute atomic E-state index is 15.1. The molecule has 8 heteroatoms. The van der Waals surface area contributed by atoms with Crippen LogP contribution in [-0.4, -0.2) is 93.1 Å². The summed E-state index contributed by atoms with van der Waals surface area (Å²) in [4.78, 5) is 49.1. The number of hydrogen-bond acceptors (Lipinski definition) is 5. The first-order valence-corrected chi connectivity index (χ1v) is 16.2. The zero-order chi connectivity index (χ0) is 32.4. The van der Waals surface area contributed by atoms with Gasteiger partial charge in [-0.3, -0.25) is 14.4 Å². The number of amides is 3. The zero-order valence-electron chi connectivity index (χ0n) is 27.6. The molecular weight excluding hydrogens is 554 g/mol. The molecule has 3 fully saturated rings. The highest BCUT2D eigenvalue weighted by Crippen LogP contribution is 2.59. The molecule has 242 valence electrons. The van der Waals surface area contributed by atoms with Crippen molar-refractivity contribution in [2.45, 2.75) is 103 Å². The van der Waals surface area contributed by atoms with E-state index in [4.69, 9.17) is 4.74 Å².